The number of carbonyl (C=O) groups is 1. The van der Waals surface area contributed by atoms with Crippen molar-refractivity contribution in [2.24, 2.45) is 5.10 Å². The average molecular weight is 452 g/mol. The molecule has 1 N–H and O–H groups in total. The first-order valence-electron chi connectivity index (χ1n) is 10.9. The molecule has 6 nitrogen and oxygen atoms in total. The third-order valence-electron chi connectivity index (χ3n) is 5.23. The summed E-state index contributed by atoms with van der Waals surface area (Å²) in [5.74, 6) is 0.0760. The predicted molar refractivity (Wildman–Crippen MR) is 133 cm³/mol. The quantitative estimate of drug-likeness (QED) is 0.316. The van der Waals surface area contributed by atoms with Crippen molar-refractivity contribution in [2.45, 2.75) is 20.1 Å². The summed E-state index contributed by atoms with van der Waals surface area (Å²) in [6, 6.07) is 28.4. The Morgan fingerprint density at radius 3 is 2.53 bits per heavy atom. The summed E-state index contributed by atoms with van der Waals surface area (Å²) >= 11 is 0. The van der Waals surface area contributed by atoms with E-state index in [1.54, 1.807) is 12.3 Å². The van der Waals surface area contributed by atoms with E-state index in [1.165, 1.54) is 16.8 Å². The summed E-state index contributed by atoms with van der Waals surface area (Å²) in [5.41, 5.74) is 5.97. The highest BCUT2D eigenvalue weighted by Gasteiger charge is 2.12. The Labute approximate surface area is 198 Å². The van der Waals surface area contributed by atoms with Gasteiger partial charge in [0.25, 0.3) is 11.5 Å². The molecule has 0 fully saturated rings. The fraction of sp³-hybridized carbons (Fsp3) is 0.107. The van der Waals surface area contributed by atoms with E-state index in [0.717, 1.165) is 16.7 Å². The summed E-state index contributed by atoms with van der Waals surface area (Å²) in [6.45, 7) is 2.80. The Morgan fingerprint density at radius 2 is 1.71 bits per heavy atom. The molecule has 0 saturated heterocycles. The molecule has 0 atom stereocenters. The lowest BCUT2D eigenvalue weighted by Gasteiger charge is -2.09. The lowest BCUT2D eigenvalue weighted by Crippen LogP contribution is -2.30. The second kappa shape index (κ2) is 10.9. The number of nitrogens with one attached hydrogen (secondary N) is 1. The number of amides is 1. The molecule has 1 aromatic heterocycles. The first kappa shape index (κ1) is 22.7. The lowest BCUT2D eigenvalue weighted by molar-refractivity contribution is 0.0953. The van der Waals surface area contributed by atoms with Crippen LogP contribution in [0.3, 0.4) is 0 Å². The van der Waals surface area contributed by atoms with Crippen LogP contribution in [0, 0.1) is 6.92 Å². The highest BCUT2D eigenvalue weighted by Crippen LogP contribution is 2.17. The number of hydrogen-bond donors (Lipinski definition) is 1. The van der Waals surface area contributed by atoms with E-state index in [2.05, 4.69) is 10.5 Å². The molecule has 0 aliphatic carbocycles. The molecule has 0 unspecified atom stereocenters. The molecule has 1 heterocycles. The summed E-state index contributed by atoms with van der Waals surface area (Å²) in [7, 11) is 0. The van der Waals surface area contributed by atoms with Crippen LogP contribution in [0.25, 0.3) is 0 Å². The van der Waals surface area contributed by atoms with Crippen molar-refractivity contribution in [3.8, 4) is 5.75 Å². The van der Waals surface area contributed by atoms with Crippen molar-refractivity contribution in [3.05, 3.63) is 135 Å². The molecule has 4 aromatic rings. The molecule has 0 aliphatic heterocycles. The van der Waals surface area contributed by atoms with Crippen LogP contribution in [0.2, 0.25) is 0 Å². The minimum absolute atomic E-state index is 0.0286. The van der Waals surface area contributed by atoms with E-state index in [9.17, 15) is 9.59 Å². The summed E-state index contributed by atoms with van der Waals surface area (Å²) < 4.78 is 7.42. The number of pyridine rings is 1. The van der Waals surface area contributed by atoms with Crippen LogP contribution in [0.15, 0.2) is 107 Å². The van der Waals surface area contributed by atoms with Gasteiger partial charge in [0.05, 0.1) is 12.8 Å². The number of nitrogens with zero attached hydrogens (tertiary/aromatic N) is 2. The number of ether oxygens (including phenoxy) is 1. The molecule has 0 bridgehead atoms. The van der Waals surface area contributed by atoms with Crippen LogP contribution in [0.5, 0.6) is 5.75 Å². The lowest BCUT2D eigenvalue weighted by atomic mass is 10.1. The number of carbonyl (C=O) groups excluding carboxylic acids is 1. The third-order valence-corrected chi connectivity index (χ3v) is 5.23. The van der Waals surface area contributed by atoms with Gasteiger partial charge in [0.2, 0.25) is 0 Å². The van der Waals surface area contributed by atoms with Crippen molar-refractivity contribution >= 4 is 12.1 Å². The number of hydrogen-bond acceptors (Lipinski definition) is 4. The molecule has 3 aromatic carbocycles. The Hall–Kier alpha value is -4.45. The fourth-order valence-electron chi connectivity index (χ4n) is 3.52. The van der Waals surface area contributed by atoms with E-state index in [0.29, 0.717) is 24.5 Å². The van der Waals surface area contributed by atoms with Crippen molar-refractivity contribution in [1.29, 1.82) is 0 Å². The van der Waals surface area contributed by atoms with Crippen LogP contribution >= 0.6 is 0 Å². The number of aryl methyl sites for hydroxylation is 1. The van der Waals surface area contributed by atoms with Crippen molar-refractivity contribution < 1.29 is 9.53 Å². The van der Waals surface area contributed by atoms with Gasteiger partial charge in [-0.2, -0.15) is 5.10 Å². The van der Waals surface area contributed by atoms with Crippen molar-refractivity contribution in [3.63, 3.8) is 0 Å². The first-order valence-corrected chi connectivity index (χ1v) is 10.9. The smallest absolute Gasteiger partial charge is 0.276 e. The highest BCUT2D eigenvalue weighted by atomic mass is 16.5. The van der Waals surface area contributed by atoms with Gasteiger partial charge in [0.15, 0.2) is 0 Å². The van der Waals surface area contributed by atoms with Gasteiger partial charge in [-0.05, 0) is 42.3 Å². The molecular formula is C28H25N3O3. The minimum Gasteiger partial charge on any atom is -0.488 e. The van der Waals surface area contributed by atoms with Crippen LogP contribution in [0.4, 0.5) is 0 Å². The fourth-order valence-corrected chi connectivity index (χ4v) is 3.52. The zero-order valence-electron chi connectivity index (χ0n) is 18.8. The maximum absolute atomic E-state index is 12.8. The predicted octanol–water partition coefficient (Wildman–Crippen LogP) is 4.55. The number of benzene rings is 3. The van der Waals surface area contributed by atoms with Crippen LogP contribution in [0.1, 0.15) is 32.6 Å². The number of para-hydroxylation sites is 1. The molecule has 4 rings (SSSR count). The minimum atomic E-state index is -0.567. The van der Waals surface area contributed by atoms with Crippen LogP contribution in [-0.2, 0) is 13.2 Å². The maximum Gasteiger partial charge on any atom is 0.276 e. The normalized spacial score (nSPS) is 10.9. The summed E-state index contributed by atoms with van der Waals surface area (Å²) in [4.78, 5) is 25.5. The van der Waals surface area contributed by atoms with Gasteiger partial charge < -0.3 is 9.30 Å². The van der Waals surface area contributed by atoms with E-state index in [1.807, 2.05) is 85.8 Å². The first-order chi connectivity index (χ1) is 16.6. The van der Waals surface area contributed by atoms with Crippen LogP contribution in [-0.4, -0.2) is 16.7 Å². The summed E-state index contributed by atoms with van der Waals surface area (Å²) in [6.07, 6.45) is 3.18. The van der Waals surface area contributed by atoms with Crippen molar-refractivity contribution in [2.75, 3.05) is 0 Å². The summed E-state index contributed by atoms with van der Waals surface area (Å²) in [5, 5.41) is 4.05. The molecule has 170 valence electrons. The molecule has 1 amide bonds. The van der Waals surface area contributed by atoms with E-state index in [-0.39, 0.29) is 11.1 Å². The van der Waals surface area contributed by atoms with Gasteiger partial charge in [-0.15, -0.1) is 0 Å². The molecule has 0 spiro atoms. The Bertz CT molecular complexity index is 1360. The molecule has 0 saturated carbocycles. The van der Waals surface area contributed by atoms with E-state index < -0.39 is 5.91 Å². The molecule has 0 radical (unpaired) electrons. The molecule has 6 heteroatoms. The van der Waals surface area contributed by atoms with Gasteiger partial charge in [0, 0.05) is 11.8 Å². The standard InChI is InChI=1S/C28H25N3O3/c1-21-9-7-12-23(17-21)19-31-16-8-14-25(28(31)33)27(32)30-29-18-24-13-5-6-15-26(24)34-20-22-10-3-2-4-11-22/h2-18H,19-20H2,1H3,(H,30,32)/b29-18-. The zero-order chi connectivity index (χ0) is 23.8. The topological polar surface area (TPSA) is 72.7 Å². The van der Waals surface area contributed by atoms with Gasteiger partial charge >= 0.3 is 0 Å². The Morgan fingerprint density at radius 1 is 0.941 bits per heavy atom. The molecule has 0 aliphatic rings. The number of rotatable bonds is 8. The van der Waals surface area contributed by atoms with Crippen molar-refractivity contribution in [1.82, 2.24) is 9.99 Å². The largest absolute Gasteiger partial charge is 0.488 e. The Balaban J connectivity index is 1.43. The van der Waals surface area contributed by atoms with Gasteiger partial charge in [0.1, 0.15) is 17.9 Å². The second-order valence-electron chi connectivity index (χ2n) is 7.86. The second-order valence-corrected chi connectivity index (χ2v) is 7.86. The molecule has 34 heavy (non-hydrogen) atoms. The van der Waals surface area contributed by atoms with Gasteiger partial charge in [-0.1, -0.05) is 72.3 Å². The van der Waals surface area contributed by atoms with Gasteiger partial charge in [-0.25, -0.2) is 5.43 Å². The average Bonchev–Trinajstić information content (AvgIpc) is 2.85. The SMILES string of the molecule is Cc1cccc(Cn2cccc(C(=O)N/N=C\c3ccccc3OCc3ccccc3)c2=O)c1. The molecular weight excluding hydrogens is 426 g/mol. The highest BCUT2D eigenvalue weighted by molar-refractivity contribution is 5.94. The third kappa shape index (κ3) is 5.86. The Kier molecular flexibility index (Phi) is 7.30. The maximum atomic E-state index is 12.8. The number of aromatic nitrogens is 1. The number of hydrazone groups is 1. The van der Waals surface area contributed by atoms with Crippen LogP contribution < -0.4 is 15.7 Å². The monoisotopic (exact) mass is 451 g/mol. The van der Waals surface area contributed by atoms with Gasteiger partial charge in [-0.3, -0.25) is 9.59 Å². The van der Waals surface area contributed by atoms with E-state index in [4.69, 9.17) is 4.74 Å². The zero-order valence-corrected chi connectivity index (χ0v) is 18.8. The van der Waals surface area contributed by atoms with E-state index >= 15 is 0 Å².